The van der Waals surface area contributed by atoms with Crippen LogP contribution in [0.3, 0.4) is 0 Å². The van der Waals surface area contributed by atoms with Gasteiger partial charge in [0.05, 0.1) is 6.61 Å². The van der Waals surface area contributed by atoms with Gasteiger partial charge in [-0.3, -0.25) is 4.79 Å². The normalized spacial score (nSPS) is 21.7. The number of hydrogen-bond donors (Lipinski definition) is 1. The van der Waals surface area contributed by atoms with E-state index in [4.69, 9.17) is 4.74 Å². The molecule has 5 heteroatoms. The maximum absolute atomic E-state index is 13.3. The topological polar surface area (TPSA) is 41.6 Å². The van der Waals surface area contributed by atoms with Crippen LogP contribution >= 0.6 is 0 Å². The predicted octanol–water partition coefficient (Wildman–Crippen LogP) is 2.34. The fourth-order valence-electron chi connectivity index (χ4n) is 2.87. The van der Waals surface area contributed by atoms with Crippen LogP contribution in [0.4, 0.5) is 10.1 Å². The highest BCUT2D eigenvalue weighted by Gasteiger charge is 2.23. The van der Waals surface area contributed by atoms with Gasteiger partial charge < -0.3 is 15.0 Å². The molecule has 1 heterocycles. The number of anilines is 1. The van der Waals surface area contributed by atoms with Crippen molar-refractivity contribution >= 4 is 11.6 Å². The highest BCUT2D eigenvalue weighted by atomic mass is 19.1. The van der Waals surface area contributed by atoms with Crippen LogP contribution in [-0.4, -0.2) is 38.3 Å². The minimum atomic E-state index is -0.225. The lowest BCUT2D eigenvalue weighted by molar-refractivity contribution is -0.126. The quantitative estimate of drug-likeness (QED) is 0.877. The van der Waals surface area contributed by atoms with E-state index in [0.29, 0.717) is 12.5 Å². The van der Waals surface area contributed by atoms with E-state index in [1.807, 2.05) is 6.07 Å². The Morgan fingerprint density at radius 3 is 3.00 bits per heavy atom. The lowest BCUT2D eigenvalue weighted by Crippen LogP contribution is -2.48. The third-order valence-electron chi connectivity index (χ3n) is 4.24. The van der Waals surface area contributed by atoms with Crippen molar-refractivity contribution in [3.63, 3.8) is 0 Å². The fraction of sp³-hybridized carbons (Fsp3) is 0.588. The number of carbonyl (C=O) groups is 1. The van der Waals surface area contributed by atoms with Gasteiger partial charge in [-0.25, -0.2) is 4.39 Å². The highest BCUT2D eigenvalue weighted by molar-refractivity contribution is 5.77. The molecule has 4 nitrogen and oxygen atoms in total. The molecule has 22 heavy (non-hydrogen) atoms. The minimum Gasteiger partial charge on any atom is -0.371 e. The summed E-state index contributed by atoms with van der Waals surface area (Å²) in [5.74, 6) is 0.398. The van der Waals surface area contributed by atoms with Gasteiger partial charge in [0.25, 0.3) is 0 Å². The maximum Gasteiger partial charge on any atom is 0.246 e. The number of benzene rings is 1. The summed E-state index contributed by atoms with van der Waals surface area (Å²) in [4.78, 5) is 14.0. The SMILES string of the molecule is O=C(COCC1CC1)N[C@H]1CCCN(c2cccc(F)c2)C1. The van der Waals surface area contributed by atoms with E-state index >= 15 is 0 Å². The Morgan fingerprint density at radius 1 is 1.36 bits per heavy atom. The van der Waals surface area contributed by atoms with Crippen molar-refractivity contribution in [1.82, 2.24) is 5.32 Å². The lowest BCUT2D eigenvalue weighted by atomic mass is 10.0. The molecule has 1 aromatic rings. The van der Waals surface area contributed by atoms with E-state index in [0.717, 1.165) is 31.6 Å². The summed E-state index contributed by atoms with van der Waals surface area (Å²) in [6, 6.07) is 6.73. The monoisotopic (exact) mass is 306 g/mol. The molecule has 120 valence electrons. The average Bonchev–Trinajstić information content (AvgIpc) is 3.32. The average molecular weight is 306 g/mol. The first-order valence-corrected chi connectivity index (χ1v) is 8.08. The first kappa shape index (κ1) is 15.3. The van der Waals surface area contributed by atoms with E-state index in [9.17, 15) is 9.18 Å². The summed E-state index contributed by atoms with van der Waals surface area (Å²) in [6.07, 6.45) is 4.41. The largest absolute Gasteiger partial charge is 0.371 e. The Kier molecular flexibility index (Phi) is 4.93. The maximum atomic E-state index is 13.3. The molecule has 1 N–H and O–H groups in total. The molecular formula is C17H23FN2O2. The van der Waals surface area contributed by atoms with E-state index in [-0.39, 0.29) is 24.4 Å². The summed E-state index contributed by atoms with van der Waals surface area (Å²) in [5, 5.41) is 3.03. The molecule has 1 aliphatic heterocycles. The van der Waals surface area contributed by atoms with Crippen molar-refractivity contribution in [2.75, 3.05) is 31.2 Å². The smallest absolute Gasteiger partial charge is 0.246 e. The van der Waals surface area contributed by atoms with E-state index in [1.54, 1.807) is 12.1 Å². The lowest BCUT2D eigenvalue weighted by Gasteiger charge is -2.34. The number of piperidine rings is 1. The molecule has 0 radical (unpaired) electrons. The zero-order valence-electron chi connectivity index (χ0n) is 12.8. The highest BCUT2D eigenvalue weighted by Crippen LogP contribution is 2.28. The van der Waals surface area contributed by atoms with Crippen LogP contribution in [-0.2, 0) is 9.53 Å². The Labute approximate surface area is 130 Å². The zero-order chi connectivity index (χ0) is 15.4. The van der Waals surface area contributed by atoms with Gasteiger partial charge in [0.1, 0.15) is 12.4 Å². The fourth-order valence-corrected chi connectivity index (χ4v) is 2.87. The molecular weight excluding hydrogens is 283 g/mol. The van der Waals surface area contributed by atoms with Crippen LogP contribution < -0.4 is 10.2 Å². The number of halogens is 1. The molecule has 2 aliphatic rings. The first-order valence-electron chi connectivity index (χ1n) is 8.08. The summed E-state index contributed by atoms with van der Waals surface area (Å²) in [7, 11) is 0. The standard InChI is InChI=1S/C17H23FN2O2/c18-14-3-1-5-16(9-14)20-8-2-4-15(10-20)19-17(21)12-22-11-13-6-7-13/h1,3,5,9,13,15H,2,4,6-8,10-12H2,(H,19,21)/t15-/m0/s1. The van der Waals surface area contributed by atoms with Crippen molar-refractivity contribution in [3.05, 3.63) is 30.1 Å². The number of rotatable bonds is 6. The summed E-state index contributed by atoms with van der Waals surface area (Å²) < 4.78 is 18.7. The summed E-state index contributed by atoms with van der Waals surface area (Å²) >= 11 is 0. The van der Waals surface area contributed by atoms with Gasteiger partial charge in [-0.15, -0.1) is 0 Å². The van der Waals surface area contributed by atoms with Gasteiger partial charge >= 0.3 is 0 Å². The Morgan fingerprint density at radius 2 is 2.23 bits per heavy atom. The molecule has 1 saturated heterocycles. The molecule has 0 unspecified atom stereocenters. The van der Waals surface area contributed by atoms with Gasteiger partial charge in [0.15, 0.2) is 0 Å². The Bertz CT molecular complexity index is 519. The Balaban J connectivity index is 1.46. The number of nitrogens with one attached hydrogen (secondary N) is 1. The number of nitrogens with zero attached hydrogens (tertiary/aromatic N) is 1. The third kappa shape index (κ3) is 4.44. The van der Waals surface area contributed by atoms with E-state index in [1.165, 1.54) is 18.9 Å². The van der Waals surface area contributed by atoms with Crippen molar-refractivity contribution in [1.29, 1.82) is 0 Å². The molecule has 0 bridgehead atoms. The predicted molar refractivity (Wildman–Crippen MR) is 83.3 cm³/mol. The van der Waals surface area contributed by atoms with Gasteiger partial charge in [-0.05, 0) is 49.8 Å². The molecule has 1 aromatic carbocycles. The van der Waals surface area contributed by atoms with E-state index < -0.39 is 0 Å². The zero-order valence-corrected chi connectivity index (χ0v) is 12.8. The number of carbonyl (C=O) groups excluding carboxylic acids is 1. The van der Waals surface area contributed by atoms with Crippen LogP contribution in [0, 0.1) is 11.7 Å². The van der Waals surface area contributed by atoms with Gasteiger partial charge in [0.2, 0.25) is 5.91 Å². The van der Waals surface area contributed by atoms with Gasteiger partial charge in [-0.2, -0.15) is 0 Å². The summed E-state index contributed by atoms with van der Waals surface area (Å²) in [6.45, 7) is 2.46. The van der Waals surface area contributed by atoms with Crippen molar-refractivity contribution in [2.24, 2.45) is 5.92 Å². The molecule has 3 rings (SSSR count). The summed E-state index contributed by atoms with van der Waals surface area (Å²) in [5.41, 5.74) is 0.879. The van der Waals surface area contributed by atoms with Crippen LogP contribution in [0.15, 0.2) is 24.3 Å². The molecule has 1 saturated carbocycles. The van der Waals surface area contributed by atoms with Crippen LogP contribution in [0.25, 0.3) is 0 Å². The molecule has 0 spiro atoms. The second kappa shape index (κ2) is 7.09. The third-order valence-corrected chi connectivity index (χ3v) is 4.24. The number of amides is 1. The number of ether oxygens (including phenoxy) is 1. The van der Waals surface area contributed by atoms with Gasteiger partial charge in [0, 0.05) is 24.8 Å². The first-order chi connectivity index (χ1) is 10.7. The second-order valence-corrected chi connectivity index (χ2v) is 6.29. The molecule has 1 aliphatic carbocycles. The van der Waals surface area contributed by atoms with Crippen LogP contribution in [0.1, 0.15) is 25.7 Å². The minimum absolute atomic E-state index is 0.0493. The Hall–Kier alpha value is -1.62. The van der Waals surface area contributed by atoms with Crippen LogP contribution in [0.2, 0.25) is 0 Å². The second-order valence-electron chi connectivity index (χ2n) is 6.29. The molecule has 1 amide bonds. The number of hydrogen-bond acceptors (Lipinski definition) is 3. The molecule has 0 aromatic heterocycles. The molecule has 1 atom stereocenters. The molecule has 2 fully saturated rings. The van der Waals surface area contributed by atoms with Crippen LogP contribution in [0.5, 0.6) is 0 Å². The van der Waals surface area contributed by atoms with E-state index in [2.05, 4.69) is 10.2 Å². The van der Waals surface area contributed by atoms with Crippen molar-refractivity contribution in [2.45, 2.75) is 31.7 Å². The van der Waals surface area contributed by atoms with Crippen molar-refractivity contribution < 1.29 is 13.9 Å². The van der Waals surface area contributed by atoms with Crippen molar-refractivity contribution in [3.8, 4) is 0 Å². The van der Waals surface area contributed by atoms with Gasteiger partial charge in [-0.1, -0.05) is 6.07 Å².